The van der Waals surface area contributed by atoms with Gasteiger partial charge < -0.3 is 45.0 Å². The molecule has 39 heavy (non-hydrogen) atoms. The molecular weight excluding hydrogens is 514 g/mol. The molecule has 3 aliphatic heterocycles. The molecule has 14 nitrogen and oxygen atoms in total. The Morgan fingerprint density at radius 2 is 1.90 bits per heavy atom. The third-order valence-electron chi connectivity index (χ3n) is 6.82. The lowest BCUT2D eigenvalue weighted by Crippen LogP contribution is -2.34. The highest BCUT2D eigenvalue weighted by atomic mass is 16.7. The standard InChI is InChI=1S/C25H23N5O9/c26-4-20(31)28-9-36-8-21(32)27-5-13-11-2-18-19(39-10-38-18)3-16(11)29-22-14(13)6-30-17(22)1-12-15(24(30)34)7-37-25(35)23(12)33/h1-3,23,33H,4-10,26H2,(H,27,32)(H,28,31). The van der Waals surface area contributed by atoms with Crippen LogP contribution in [0.15, 0.2) is 23.0 Å². The van der Waals surface area contributed by atoms with Crippen LogP contribution < -0.4 is 31.4 Å². The molecule has 0 aliphatic carbocycles. The third kappa shape index (κ3) is 4.24. The van der Waals surface area contributed by atoms with Gasteiger partial charge in [-0.1, -0.05) is 0 Å². The van der Waals surface area contributed by atoms with E-state index in [1.807, 2.05) is 0 Å². The lowest BCUT2D eigenvalue weighted by atomic mass is 9.98. The van der Waals surface area contributed by atoms with Crippen molar-refractivity contribution < 1.29 is 38.4 Å². The van der Waals surface area contributed by atoms with E-state index in [9.17, 15) is 24.3 Å². The van der Waals surface area contributed by atoms with E-state index < -0.39 is 29.4 Å². The van der Waals surface area contributed by atoms with E-state index >= 15 is 0 Å². The van der Waals surface area contributed by atoms with Crippen molar-refractivity contribution in [3.05, 3.63) is 50.8 Å². The van der Waals surface area contributed by atoms with Gasteiger partial charge in [-0.05, 0) is 17.7 Å². The topological polar surface area (TPSA) is 193 Å². The number of esters is 1. The van der Waals surface area contributed by atoms with Crippen LogP contribution in [-0.2, 0) is 43.6 Å². The van der Waals surface area contributed by atoms with Crippen LogP contribution in [0.4, 0.5) is 0 Å². The minimum absolute atomic E-state index is 0.0633. The maximum atomic E-state index is 13.3. The highest BCUT2D eigenvalue weighted by molar-refractivity contribution is 5.91. The van der Waals surface area contributed by atoms with Crippen molar-refractivity contribution in [1.29, 1.82) is 0 Å². The first kappa shape index (κ1) is 24.8. The zero-order chi connectivity index (χ0) is 27.3. The molecule has 0 saturated heterocycles. The number of hydrogen-bond donors (Lipinski definition) is 4. The molecule has 3 aromatic rings. The largest absolute Gasteiger partial charge is 0.458 e. The van der Waals surface area contributed by atoms with Crippen molar-refractivity contribution in [3.63, 3.8) is 0 Å². The zero-order valence-corrected chi connectivity index (χ0v) is 20.4. The number of hydrogen-bond acceptors (Lipinski definition) is 11. The van der Waals surface area contributed by atoms with Crippen molar-refractivity contribution in [1.82, 2.24) is 20.2 Å². The monoisotopic (exact) mass is 537 g/mol. The summed E-state index contributed by atoms with van der Waals surface area (Å²) in [5, 5.41) is 16.3. The van der Waals surface area contributed by atoms with E-state index in [0.29, 0.717) is 44.9 Å². The molecule has 2 aromatic heterocycles. The van der Waals surface area contributed by atoms with Crippen LogP contribution in [0, 0.1) is 0 Å². The molecule has 0 bridgehead atoms. The molecule has 0 radical (unpaired) electrons. The van der Waals surface area contributed by atoms with Gasteiger partial charge >= 0.3 is 5.97 Å². The van der Waals surface area contributed by atoms with Gasteiger partial charge in [-0.2, -0.15) is 0 Å². The maximum absolute atomic E-state index is 13.3. The second-order valence-corrected chi connectivity index (χ2v) is 9.08. The highest BCUT2D eigenvalue weighted by Crippen LogP contribution is 2.42. The molecule has 2 amide bonds. The predicted octanol–water partition coefficient (Wildman–Crippen LogP) is -1.09. The Bertz CT molecular complexity index is 1620. The minimum Gasteiger partial charge on any atom is -0.458 e. The fourth-order valence-corrected chi connectivity index (χ4v) is 4.89. The average Bonchev–Trinajstić information content (AvgIpc) is 3.54. The second-order valence-electron chi connectivity index (χ2n) is 9.08. The number of aliphatic hydroxyl groups is 1. The number of nitrogens with zero attached hydrogens (tertiary/aromatic N) is 2. The van der Waals surface area contributed by atoms with E-state index in [0.717, 1.165) is 0 Å². The number of carbonyl (C=O) groups is 3. The molecule has 5 heterocycles. The Morgan fingerprint density at radius 3 is 2.69 bits per heavy atom. The van der Waals surface area contributed by atoms with Crippen molar-refractivity contribution in [2.24, 2.45) is 5.73 Å². The zero-order valence-electron chi connectivity index (χ0n) is 20.4. The summed E-state index contributed by atoms with van der Waals surface area (Å²) in [4.78, 5) is 53.8. The molecular formula is C25H23N5O9. The summed E-state index contributed by atoms with van der Waals surface area (Å²) >= 11 is 0. The SMILES string of the molecule is NCC(=O)NCOCC(=O)NCc1c2c(nc3cc4c(cc13)OCO4)-c1cc3c(c(=O)n1C2)COC(=O)C3O. The number of amides is 2. The van der Waals surface area contributed by atoms with Crippen LogP contribution >= 0.6 is 0 Å². The second kappa shape index (κ2) is 9.65. The Hall–Kier alpha value is -4.53. The van der Waals surface area contributed by atoms with Crippen molar-refractivity contribution in [2.75, 3.05) is 26.7 Å². The summed E-state index contributed by atoms with van der Waals surface area (Å²) < 4.78 is 22.7. The number of rotatable bonds is 7. The van der Waals surface area contributed by atoms with Crippen LogP contribution in [0.1, 0.15) is 28.4 Å². The van der Waals surface area contributed by atoms with Gasteiger partial charge in [-0.25, -0.2) is 9.78 Å². The first-order valence-electron chi connectivity index (χ1n) is 12.0. The van der Waals surface area contributed by atoms with Crippen LogP contribution in [0.5, 0.6) is 11.5 Å². The van der Waals surface area contributed by atoms with Gasteiger partial charge in [0, 0.05) is 29.1 Å². The van der Waals surface area contributed by atoms with E-state index in [4.69, 9.17) is 29.7 Å². The summed E-state index contributed by atoms with van der Waals surface area (Å²) in [6.45, 7) is -0.594. The molecule has 14 heteroatoms. The van der Waals surface area contributed by atoms with Crippen LogP contribution in [-0.4, -0.2) is 59.1 Å². The predicted molar refractivity (Wildman–Crippen MR) is 131 cm³/mol. The molecule has 0 saturated carbocycles. The summed E-state index contributed by atoms with van der Waals surface area (Å²) in [5.41, 5.74) is 8.08. The number of aromatic nitrogens is 2. The lowest BCUT2D eigenvalue weighted by molar-refractivity contribution is -0.157. The third-order valence-corrected chi connectivity index (χ3v) is 6.82. The van der Waals surface area contributed by atoms with E-state index in [1.54, 1.807) is 18.2 Å². The summed E-state index contributed by atoms with van der Waals surface area (Å²) in [6, 6.07) is 5.08. The number of carbonyl (C=O) groups excluding carboxylic acids is 3. The van der Waals surface area contributed by atoms with E-state index in [1.165, 1.54) is 4.57 Å². The molecule has 0 spiro atoms. The van der Waals surface area contributed by atoms with Crippen molar-refractivity contribution >= 4 is 28.7 Å². The molecule has 1 aromatic carbocycles. The average molecular weight is 537 g/mol. The normalized spacial score (nSPS) is 16.4. The summed E-state index contributed by atoms with van der Waals surface area (Å²) in [6.07, 6.45) is -1.57. The van der Waals surface area contributed by atoms with Crippen LogP contribution in [0.25, 0.3) is 22.3 Å². The molecule has 1 atom stereocenters. The van der Waals surface area contributed by atoms with E-state index in [-0.39, 0.29) is 57.5 Å². The number of aliphatic hydroxyl groups excluding tert-OH is 1. The highest BCUT2D eigenvalue weighted by Gasteiger charge is 2.35. The molecule has 0 fully saturated rings. The number of ether oxygens (including phenoxy) is 4. The Kier molecular flexibility index (Phi) is 6.13. The molecule has 6 rings (SSSR count). The van der Waals surface area contributed by atoms with Crippen LogP contribution in [0.2, 0.25) is 0 Å². The van der Waals surface area contributed by atoms with Gasteiger partial charge in [0.15, 0.2) is 17.6 Å². The first-order valence-corrected chi connectivity index (χ1v) is 12.0. The minimum atomic E-state index is -1.57. The van der Waals surface area contributed by atoms with E-state index in [2.05, 4.69) is 10.6 Å². The molecule has 1 unspecified atom stereocenters. The summed E-state index contributed by atoms with van der Waals surface area (Å²) in [5.74, 6) is -0.627. The van der Waals surface area contributed by atoms with Crippen molar-refractivity contribution in [3.8, 4) is 22.9 Å². The Balaban J connectivity index is 1.37. The fraction of sp³-hybridized carbons (Fsp3) is 0.320. The van der Waals surface area contributed by atoms with Gasteiger partial charge in [-0.15, -0.1) is 0 Å². The number of pyridine rings is 2. The number of nitrogens with one attached hydrogen (secondary N) is 2. The maximum Gasteiger partial charge on any atom is 0.340 e. The van der Waals surface area contributed by atoms with Gasteiger partial charge in [-0.3, -0.25) is 14.4 Å². The molecule has 3 aliphatic rings. The van der Waals surface area contributed by atoms with Gasteiger partial charge in [0.1, 0.15) is 19.9 Å². The van der Waals surface area contributed by atoms with Crippen molar-refractivity contribution in [2.45, 2.75) is 25.8 Å². The van der Waals surface area contributed by atoms with Gasteiger partial charge in [0.25, 0.3) is 5.56 Å². The first-order chi connectivity index (χ1) is 18.9. The number of benzene rings is 1. The molecule has 5 N–H and O–H groups in total. The van der Waals surface area contributed by atoms with Gasteiger partial charge in [0.05, 0.1) is 35.6 Å². The Labute approximate surface area is 219 Å². The smallest absolute Gasteiger partial charge is 0.340 e. The fourth-order valence-electron chi connectivity index (χ4n) is 4.89. The van der Waals surface area contributed by atoms with Gasteiger partial charge in [0.2, 0.25) is 18.6 Å². The summed E-state index contributed by atoms with van der Waals surface area (Å²) in [7, 11) is 0. The number of cyclic esters (lactones) is 1. The number of fused-ring (bicyclic) bond motifs is 6. The Morgan fingerprint density at radius 1 is 1.10 bits per heavy atom. The van der Waals surface area contributed by atoms with Crippen LogP contribution in [0.3, 0.4) is 0 Å². The number of nitrogens with two attached hydrogens (primary N) is 1. The molecule has 202 valence electrons. The lowest BCUT2D eigenvalue weighted by Gasteiger charge is -2.21. The quantitative estimate of drug-likeness (QED) is 0.127.